The number of amides is 1. The van der Waals surface area contributed by atoms with Crippen LogP contribution in [-0.4, -0.2) is 29.9 Å². The molecule has 2 unspecified atom stereocenters. The van der Waals surface area contributed by atoms with Crippen molar-refractivity contribution in [3.63, 3.8) is 0 Å². The van der Waals surface area contributed by atoms with E-state index in [1.807, 2.05) is 24.8 Å². The van der Waals surface area contributed by atoms with Crippen molar-refractivity contribution in [2.45, 2.75) is 38.6 Å². The van der Waals surface area contributed by atoms with Crippen LogP contribution in [0.5, 0.6) is 0 Å². The van der Waals surface area contributed by atoms with E-state index in [9.17, 15) is 9.18 Å². The highest BCUT2D eigenvalue weighted by molar-refractivity contribution is 5.87. The normalized spacial score (nSPS) is 23.1. The molecule has 1 aromatic carbocycles. The summed E-state index contributed by atoms with van der Waals surface area (Å²) in [7, 11) is 0. The van der Waals surface area contributed by atoms with E-state index >= 15 is 0 Å². The largest absolute Gasteiger partial charge is 0.339 e. The molecule has 1 amide bonds. The number of hydrogen-bond acceptors (Lipinski definition) is 2. The highest BCUT2D eigenvalue weighted by atomic mass is 19.1. The third-order valence-corrected chi connectivity index (χ3v) is 4.34. The summed E-state index contributed by atoms with van der Waals surface area (Å²) in [5, 5.41) is 0. The van der Waals surface area contributed by atoms with Gasteiger partial charge in [0.15, 0.2) is 0 Å². The van der Waals surface area contributed by atoms with Crippen molar-refractivity contribution in [3.8, 4) is 0 Å². The van der Waals surface area contributed by atoms with Crippen LogP contribution in [0.15, 0.2) is 24.3 Å². The van der Waals surface area contributed by atoms with Crippen LogP contribution in [0.25, 0.3) is 0 Å². The van der Waals surface area contributed by atoms with Crippen molar-refractivity contribution in [1.82, 2.24) is 4.90 Å². The molecule has 3 nitrogen and oxygen atoms in total. The van der Waals surface area contributed by atoms with Gasteiger partial charge in [0.25, 0.3) is 0 Å². The first kappa shape index (κ1) is 15.0. The van der Waals surface area contributed by atoms with Gasteiger partial charge in [-0.1, -0.05) is 12.1 Å². The molecular weight excluding hydrogens is 255 g/mol. The molecule has 2 atom stereocenters. The van der Waals surface area contributed by atoms with Gasteiger partial charge in [0.05, 0.1) is 5.41 Å². The molecule has 1 fully saturated rings. The molecule has 1 aliphatic rings. The summed E-state index contributed by atoms with van der Waals surface area (Å²) in [6.07, 6.45) is 0.946. The van der Waals surface area contributed by atoms with E-state index in [0.717, 1.165) is 6.42 Å². The van der Waals surface area contributed by atoms with Gasteiger partial charge in [-0.25, -0.2) is 4.39 Å². The smallest absolute Gasteiger partial charge is 0.232 e. The Bertz CT molecular complexity index is 501. The predicted molar refractivity (Wildman–Crippen MR) is 77.8 cm³/mol. The van der Waals surface area contributed by atoms with E-state index in [0.29, 0.717) is 24.6 Å². The van der Waals surface area contributed by atoms with Gasteiger partial charge < -0.3 is 10.6 Å². The van der Waals surface area contributed by atoms with Crippen LogP contribution >= 0.6 is 0 Å². The average molecular weight is 278 g/mol. The Morgan fingerprint density at radius 2 is 2.20 bits per heavy atom. The zero-order chi connectivity index (χ0) is 14.9. The Morgan fingerprint density at radius 1 is 1.50 bits per heavy atom. The maximum atomic E-state index is 13.4. The Kier molecular flexibility index (Phi) is 4.14. The molecule has 1 saturated heterocycles. The summed E-state index contributed by atoms with van der Waals surface area (Å²) in [6.45, 7) is 7.07. The van der Waals surface area contributed by atoms with E-state index in [2.05, 4.69) is 6.92 Å². The van der Waals surface area contributed by atoms with Gasteiger partial charge in [0, 0.05) is 12.6 Å². The minimum absolute atomic E-state index is 0.0477. The number of benzene rings is 1. The first-order valence-electron chi connectivity index (χ1n) is 7.13. The summed E-state index contributed by atoms with van der Waals surface area (Å²) in [5.74, 6) is 0.112. The van der Waals surface area contributed by atoms with E-state index in [1.165, 1.54) is 12.1 Å². The highest BCUT2D eigenvalue weighted by Gasteiger charge is 2.40. The Hall–Kier alpha value is -1.42. The predicted octanol–water partition coefficient (Wildman–Crippen LogP) is 2.30. The van der Waals surface area contributed by atoms with E-state index in [1.54, 1.807) is 6.07 Å². The SMILES string of the molecule is CC1CC(CN)CN1C(=O)C(C)(C)c1cccc(F)c1. The average Bonchev–Trinajstić information content (AvgIpc) is 2.79. The third kappa shape index (κ3) is 2.70. The van der Waals surface area contributed by atoms with Crippen LogP contribution in [0.1, 0.15) is 32.8 Å². The van der Waals surface area contributed by atoms with Crippen molar-refractivity contribution < 1.29 is 9.18 Å². The van der Waals surface area contributed by atoms with E-state index < -0.39 is 5.41 Å². The van der Waals surface area contributed by atoms with Crippen molar-refractivity contribution in [2.24, 2.45) is 11.7 Å². The minimum atomic E-state index is -0.722. The zero-order valence-corrected chi connectivity index (χ0v) is 12.4. The quantitative estimate of drug-likeness (QED) is 0.922. The summed E-state index contributed by atoms with van der Waals surface area (Å²) < 4.78 is 13.4. The second-order valence-corrected chi connectivity index (χ2v) is 6.28. The van der Waals surface area contributed by atoms with Crippen LogP contribution in [-0.2, 0) is 10.2 Å². The van der Waals surface area contributed by atoms with Crippen molar-refractivity contribution in [1.29, 1.82) is 0 Å². The molecule has 0 saturated carbocycles. The second-order valence-electron chi connectivity index (χ2n) is 6.28. The molecule has 0 bridgehead atoms. The molecule has 1 heterocycles. The number of hydrogen-bond donors (Lipinski definition) is 1. The molecule has 0 spiro atoms. The fourth-order valence-corrected chi connectivity index (χ4v) is 2.96. The lowest BCUT2D eigenvalue weighted by atomic mass is 9.83. The lowest BCUT2D eigenvalue weighted by Crippen LogP contribution is -2.45. The molecule has 0 radical (unpaired) electrons. The van der Waals surface area contributed by atoms with Gasteiger partial charge >= 0.3 is 0 Å². The summed E-state index contributed by atoms with van der Waals surface area (Å²) in [4.78, 5) is 14.7. The fraction of sp³-hybridized carbons (Fsp3) is 0.562. The number of nitrogens with two attached hydrogens (primary N) is 1. The number of halogens is 1. The Morgan fingerprint density at radius 3 is 2.75 bits per heavy atom. The maximum Gasteiger partial charge on any atom is 0.232 e. The summed E-state index contributed by atoms with van der Waals surface area (Å²) in [6, 6.07) is 6.49. The molecular formula is C16H23FN2O. The van der Waals surface area contributed by atoms with E-state index in [4.69, 9.17) is 5.73 Å². The molecule has 2 N–H and O–H groups in total. The Labute approximate surface area is 120 Å². The molecule has 1 aliphatic heterocycles. The van der Waals surface area contributed by atoms with Gasteiger partial charge in [-0.05, 0) is 57.4 Å². The third-order valence-electron chi connectivity index (χ3n) is 4.34. The first-order valence-corrected chi connectivity index (χ1v) is 7.13. The molecule has 0 aliphatic carbocycles. The van der Waals surface area contributed by atoms with Crippen molar-refractivity contribution in [3.05, 3.63) is 35.6 Å². The van der Waals surface area contributed by atoms with Gasteiger partial charge in [-0.2, -0.15) is 0 Å². The first-order chi connectivity index (χ1) is 9.36. The van der Waals surface area contributed by atoms with Crippen LogP contribution < -0.4 is 5.73 Å². The van der Waals surface area contributed by atoms with Gasteiger partial charge in [-0.3, -0.25) is 4.79 Å². The van der Waals surface area contributed by atoms with Gasteiger partial charge in [0.1, 0.15) is 5.82 Å². The number of carbonyl (C=O) groups is 1. The topological polar surface area (TPSA) is 46.3 Å². The lowest BCUT2D eigenvalue weighted by Gasteiger charge is -2.32. The standard InChI is InChI=1S/C16H23FN2O/c1-11-7-12(9-18)10-19(11)15(20)16(2,3)13-5-4-6-14(17)8-13/h4-6,8,11-12H,7,9-10,18H2,1-3H3. The molecule has 0 aromatic heterocycles. The van der Waals surface area contributed by atoms with Crippen LogP contribution in [0.2, 0.25) is 0 Å². The molecule has 110 valence electrons. The minimum Gasteiger partial charge on any atom is -0.339 e. The second kappa shape index (κ2) is 5.52. The number of rotatable bonds is 3. The van der Waals surface area contributed by atoms with Crippen LogP contribution in [0.3, 0.4) is 0 Å². The molecule has 2 rings (SSSR count). The summed E-state index contributed by atoms with van der Waals surface area (Å²) in [5.41, 5.74) is 5.70. The Balaban J connectivity index is 2.23. The van der Waals surface area contributed by atoms with Gasteiger partial charge in [-0.15, -0.1) is 0 Å². The number of nitrogens with zero attached hydrogens (tertiary/aromatic N) is 1. The lowest BCUT2D eigenvalue weighted by molar-refractivity contribution is -0.136. The maximum absolute atomic E-state index is 13.4. The number of carbonyl (C=O) groups excluding carboxylic acids is 1. The molecule has 4 heteroatoms. The zero-order valence-electron chi connectivity index (χ0n) is 12.4. The molecule has 1 aromatic rings. The van der Waals surface area contributed by atoms with Crippen molar-refractivity contribution >= 4 is 5.91 Å². The highest BCUT2D eigenvalue weighted by Crippen LogP contribution is 2.31. The van der Waals surface area contributed by atoms with E-state index in [-0.39, 0.29) is 17.8 Å². The monoisotopic (exact) mass is 278 g/mol. The van der Waals surface area contributed by atoms with Crippen molar-refractivity contribution in [2.75, 3.05) is 13.1 Å². The fourth-order valence-electron chi connectivity index (χ4n) is 2.96. The summed E-state index contributed by atoms with van der Waals surface area (Å²) >= 11 is 0. The van der Waals surface area contributed by atoms with Gasteiger partial charge in [0.2, 0.25) is 5.91 Å². The number of likely N-dealkylation sites (tertiary alicyclic amines) is 1. The van der Waals surface area contributed by atoms with Crippen LogP contribution in [0, 0.1) is 11.7 Å². The van der Waals surface area contributed by atoms with Crippen LogP contribution in [0.4, 0.5) is 4.39 Å². The molecule has 20 heavy (non-hydrogen) atoms.